The maximum atomic E-state index is 5.99. The summed E-state index contributed by atoms with van der Waals surface area (Å²) in [6.45, 7) is 0. The van der Waals surface area contributed by atoms with Gasteiger partial charge in [0.25, 0.3) is 0 Å². The smallest absolute Gasteiger partial charge is 0.0743 e. The van der Waals surface area contributed by atoms with E-state index in [0.717, 1.165) is 22.3 Å². The van der Waals surface area contributed by atoms with Crippen molar-refractivity contribution >= 4 is 22.6 Å². The van der Waals surface area contributed by atoms with Crippen molar-refractivity contribution in [3.05, 3.63) is 59.8 Å². The highest BCUT2D eigenvalue weighted by Crippen LogP contribution is 2.21. The summed E-state index contributed by atoms with van der Waals surface area (Å²) in [6.07, 6.45) is 1.82. The molecule has 0 aliphatic heterocycles. The van der Waals surface area contributed by atoms with Crippen LogP contribution in [-0.2, 0) is 0 Å². The highest BCUT2D eigenvalue weighted by molar-refractivity contribution is 6.31. The molecule has 0 spiro atoms. The Labute approximate surface area is 113 Å². The van der Waals surface area contributed by atoms with E-state index < -0.39 is 0 Å². The van der Waals surface area contributed by atoms with Crippen LogP contribution in [0.1, 0.15) is 0 Å². The van der Waals surface area contributed by atoms with Gasteiger partial charge in [-0.05, 0) is 28.5 Å². The molecule has 0 bridgehead atoms. The predicted molar refractivity (Wildman–Crippen MR) is 72.1 cm³/mol. The molecule has 5 heteroatoms. The molecule has 0 N–H and O–H groups in total. The molecule has 2 heterocycles. The van der Waals surface area contributed by atoms with E-state index in [0.29, 0.717) is 5.02 Å². The van der Waals surface area contributed by atoms with Crippen LogP contribution < -0.4 is 9.84 Å². The minimum Gasteiger partial charge on any atom is -0.157 e. The van der Waals surface area contributed by atoms with Crippen LogP contribution in [0.4, 0.5) is 0 Å². The van der Waals surface area contributed by atoms with Crippen molar-refractivity contribution < 1.29 is 4.74 Å². The van der Waals surface area contributed by atoms with Gasteiger partial charge >= 0.3 is 0 Å². The van der Waals surface area contributed by atoms with Gasteiger partial charge in [0.1, 0.15) is 0 Å². The first-order valence-corrected chi connectivity index (χ1v) is 6.28. The zero-order chi connectivity index (χ0) is 12.8. The average molecular weight is 269 g/mol. The third kappa shape index (κ3) is 1.54. The summed E-state index contributed by atoms with van der Waals surface area (Å²) >= 11 is 5.99. The van der Waals surface area contributed by atoms with Crippen LogP contribution >= 0.6 is 11.6 Å². The number of aromatic nitrogens is 4. The second kappa shape index (κ2) is 3.83. The topological polar surface area (TPSA) is 35.5 Å². The molecular weight excluding hydrogens is 260 g/mol. The lowest BCUT2D eigenvalue weighted by molar-refractivity contribution is -0.729. The van der Waals surface area contributed by atoms with Crippen LogP contribution in [0.3, 0.4) is 0 Å². The molecule has 0 atom stereocenters. The van der Waals surface area contributed by atoms with Crippen molar-refractivity contribution in [1.29, 1.82) is 0 Å². The van der Waals surface area contributed by atoms with E-state index in [4.69, 9.17) is 11.6 Å². The molecule has 0 fully saturated rings. The van der Waals surface area contributed by atoms with Gasteiger partial charge in [0.2, 0.25) is 0 Å². The van der Waals surface area contributed by atoms with E-state index >= 15 is 0 Å². The molecular formula is C14H9ClN4. The molecule has 19 heavy (non-hydrogen) atoms. The first kappa shape index (κ1) is 10.6. The lowest BCUT2D eigenvalue weighted by Gasteiger charge is -1.99. The van der Waals surface area contributed by atoms with Crippen LogP contribution in [0.2, 0.25) is 5.02 Å². The highest BCUT2D eigenvalue weighted by Gasteiger charge is 2.11. The van der Waals surface area contributed by atoms with Gasteiger partial charge in [-0.1, -0.05) is 52.1 Å². The van der Waals surface area contributed by atoms with Gasteiger partial charge in [-0.25, -0.2) is 0 Å². The number of nitrogens with zero attached hydrogens (tertiary/aromatic N) is 4. The summed E-state index contributed by atoms with van der Waals surface area (Å²) in [7, 11) is 0. The Morgan fingerprint density at radius 3 is 2.79 bits per heavy atom. The monoisotopic (exact) mass is 268 g/mol. The number of hydrogen-bond donors (Lipinski definition) is 0. The maximum absolute atomic E-state index is 5.99. The van der Waals surface area contributed by atoms with Crippen LogP contribution in [0.25, 0.3) is 22.3 Å². The Morgan fingerprint density at radius 2 is 1.95 bits per heavy atom. The number of rotatable bonds is 1. The van der Waals surface area contributed by atoms with Gasteiger partial charge in [0.15, 0.2) is 0 Å². The van der Waals surface area contributed by atoms with Gasteiger partial charge in [0, 0.05) is 11.2 Å². The summed E-state index contributed by atoms with van der Waals surface area (Å²) in [4.78, 5) is 0. The molecule has 92 valence electrons. The summed E-state index contributed by atoms with van der Waals surface area (Å²) in [5.41, 5.74) is 3.93. The highest BCUT2D eigenvalue weighted by atomic mass is 35.5. The maximum Gasteiger partial charge on any atom is 0.0743 e. The largest absolute Gasteiger partial charge is 0.157 e. The van der Waals surface area contributed by atoms with Crippen molar-refractivity contribution in [3.8, 4) is 11.3 Å². The van der Waals surface area contributed by atoms with Crippen LogP contribution in [-0.4, -0.2) is 9.61 Å². The van der Waals surface area contributed by atoms with E-state index in [1.807, 2.05) is 47.1 Å². The first-order chi connectivity index (χ1) is 9.33. The third-order valence-corrected chi connectivity index (χ3v) is 3.36. The SMILES string of the molecule is Clc1ccc2c(c1)n[n+]1[n-]cc(-c3ccccc3)n21. The Bertz CT molecular complexity index is 876. The van der Waals surface area contributed by atoms with Gasteiger partial charge in [0.05, 0.1) is 16.7 Å². The molecule has 0 radical (unpaired) electrons. The molecule has 2 aromatic carbocycles. The second-order valence-electron chi connectivity index (χ2n) is 4.31. The van der Waals surface area contributed by atoms with E-state index in [-0.39, 0.29) is 0 Å². The second-order valence-corrected chi connectivity index (χ2v) is 4.75. The Morgan fingerprint density at radius 1 is 1.11 bits per heavy atom. The third-order valence-electron chi connectivity index (χ3n) is 3.12. The van der Waals surface area contributed by atoms with Crippen molar-refractivity contribution in [2.24, 2.45) is 0 Å². The van der Waals surface area contributed by atoms with Crippen molar-refractivity contribution in [2.45, 2.75) is 0 Å². The molecule has 0 aliphatic carbocycles. The zero-order valence-corrected chi connectivity index (χ0v) is 10.6. The number of halogens is 1. The number of benzene rings is 2. The fourth-order valence-electron chi connectivity index (χ4n) is 2.26. The van der Waals surface area contributed by atoms with Gasteiger partial charge in [-0.15, -0.1) is 0 Å². The van der Waals surface area contributed by atoms with Crippen molar-refractivity contribution in [1.82, 2.24) is 14.7 Å². The molecule has 4 nitrogen and oxygen atoms in total. The molecule has 0 unspecified atom stereocenters. The van der Waals surface area contributed by atoms with Crippen molar-refractivity contribution in [3.63, 3.8) is 0 Å². The van der Waals surface area contributed by atoms with Crippen LogP contribution in [0.5, 0.6) is 0 Å². The molecule has 0 amide bonds. The summed E-state index contributed by atoms with van der Waals surface area (Å²) in [5.74, 6) is 0. The van der Waals surface area contributed by atoms with Gasteiger partial charge in [-0.3, -0.25) is 0 Å². The Hall–Kier alpha value is -2.33. The van der Waals surface area contributed by atoms with E-state index in [2.05, 4.69) is 22.3 Å². The lowest BCUT2D eigenvalue weighted by Crippen LogP contribution is -2.33. The average Bonchev–Trinajstić information content (AvgIpc) is 2.97. The molecule has 0 saturated heterocycles. The normalized spacial score (nSPS) is 11.4. The number of hydrogen-bond acceptors (Lipinski definition) is 1. The molecule has 4 aromatic rings. The first-order valence-electron chi connectivity index (χ1n) is 5.91. The fourth-order valence-corrected chi connectivity index (χ4v) is 2.43. The van der Waals surface area contributed by atoms with Gasteiger partial charge in [-0.2, -0.15) is 4.52 Å². The minimum absolute atomic E-state index is 0.676. The molecule has 0 aliphatic rings. The van der Waals surface area contributed by atoms with E-state index in [1.54, 1.807) is 4.74 Å². The standard InChI is InChI=1S/C14H9ClN4/c15-11-6-7-13-12(8-11)17-19-16-9-14(18(13)19)10-4-2-1-3-5-10/h1-9H. The zero-order valence-electron chi connectivity index (χ0n) is 9.86. The molecule has 2 aromatic heterocycles. The van der Waals surface area contributed by atoms with E-state index in [9.17, 15) is 0 Å². The van der Waals surface area contributed by atoms with E-state index in [1.165, 1.54) is 0 Å². The summed E-state index contributed by atoms with van der Waals surface area (Å²) in [6, 6.07) is 15.8. The predicted octanol–water partition coefficient (Wildman–Crippen LogP) is 2.35. The van der Waals surface area contributed by atoms with Crippen LogP contribution in [0.15, 0.2) is 54.7 Å². The molecule has 4 rings (SSSR count). The Balaban J connectivity index is 2.10. The fraction of sp³-hybridized carbons (Fsp3) is 0. The number of fused-ring (bicyclic) bond motifs is 3. The molecule has 0 saturated carbocycles. The quantitative estimate of drug-likeness (QED) is 0.497. The minimum atomic E-state index is 0.676. The van der Waals surface area contributed by atoms with Crippen molar-refractivity contribution in [2.75, 3.05) is 0 Å². The lowest BCUT2D eigenvalue weighted by atomic mass is 10.2. The van der Waals surface area contributed by atoms with Gasteiger partial charge < -0.3 is 0 Å². The summed E-state index contributed by atoms with van der Waals surface area (Å²) in [5, 5.41) is 9.37. The summed E-state index contributed by atoms with van der Waals surface area (Å²) < 4.78 is 3.56. The van der Waals surface area contributed by atoms with Crippen LogP contribution in [0, 0.1) is 0 Å². The Kier molecular flexibility index (Phi) is 2.13.